The average Bonchev–Trinajstić information content (AvgIpc) is 3.21. The highest BCUT2D eigenvalue weighted by Crippen LogP contribution is 2.37. The van der Waals surface area contributed by atoms with Crippen LogP contribution in [0.5, 0.6) is 5.75 Å². The first-order chi connectivity index (χ1) is 15.7. The van der Waals surface area contributed by atoms with E-state index in [9.17, 15) is 18.0 Å². The normalized spacial score (nSPS) is 18.8. The molecule has 0 radical (unpaired) electrons. The van der Waals surface area contributed by atoms with E-state index in [4.69, 9.17) is 9.84 Å². The number of ether oxygens (including phenoxy) is 1. The Morgan fingerprint density at radius 3 is 2.58 bits per heavy atom. The zero-order valence-electron chi connectivity index (χ0n) is 18.4. The molecule has 0 unspecified atom stereocenters. The number of methoxy groups -OCH3 is 1. The number of amides is 1. The third kappa shape index (κ3) is 4.86. The number of halogens is 3. The van der Waals surface area contributed by atoms with Gasteiger partial charge >= 0.3 is 6.18 Å². The number of alkyl halides is 3. The van der Waals surface area contributed by atoms with E-state index in [0.717, 1.165) is 43.2 Å². The molecule has 9 heteroatoms. The SMILES string of the molecule is C=C(C)C1CCC(n2cc3cc(NC(=O)c4cccc(C(F)(F)F)n4)c(OC)cc3n2)CC1. The fourth-order valence-electron chi connectivity index (χ4n) is 4.26. The van der Waals surface area contributed by atoms with Gasteiger partial charge in [-0.05, 0) is 56.7 Å². The maximum atomic E-state index is 12.9. The number of carbonyl (C=O) groups is 1. The summed E-state index contributed by atoms with van der Waals surface area (Å²) in [5.74, 6) is 0.154. The van der Waals surface area contributed by atoms with Crippen LogP contribution in [0.25, 0.3) is 10.9 Å². The molecule has 1 aliphatic rings. The fraction of sp³-hybridized carbons (Fsp3) is 0.375. The molecule has 1 saturated carbocycles. The summed E-state index contributed by atoms with van der Waals surface area (Å²) < 4.78 is 46.2. The lowest BCUT2D eigenvalue weighted by molar-refractivity contribution is -0.141. The van der Waals surface area contributed by atoms with E-state index in [0.29, 0.717) is 22.9 Å². The van der Waals surface area contributed by atoms with Gasteiger partial charge in [0.2, 0.25) is 0 Å². The molecule has 1 N–H and O–H groups in total. The quantitative estimate of drug-likeness (QED) is 0.475. The lowest BCUT2D eigenvalue weighted by Crippen LogP contribution is -2.18. The van der Waals surface area contributed by atoms with Crippen LogP contribution in [0.1, 0.15) is 54.8 Å². The van der Waals surface area contributed by atoms with Crippen molar-refractivity contribution in [3.05, 3.63) is 60.1 Å². The number of allylic oxidation sites excluding steroid dienone is 1. The molecule has 0 atom stereocenters. The molecule has 2 aromatic heterocycles. The van der Waals surface area contributed by atoms with Gasteiger partial charge in [-0.25, -0.2) is 4.98 Å². The maximum absolute atomic E-state index is 12.9. The topological polar surface area (TPSA) is 69.0 Å². The molecule has 2 heterocycles. The standard InChI is InChI=1S/C24H25F3N4O2/c1-14(2)15-7-9-17(10-8-15)31-13-16-11-20(21(33-3)12-19(16)30-31)29-23(32)18-5-4-6-22(28-18)24(25,26)27/h4-6,11-13,15,17H,1,7-10H2,2-3H3,(H,29,32). The minimum Gasteiger partial charge on any atom is -0.494 e. The molecule has 6 nitrogen and oxygen atoms in total. The number of anilines is 1. The summed E-state index contributed by atoms with van der Waals surface area (Å²) in [5.41, 5.74) is 0.806. The van der Waals surface area contributed by atoms with Crippen molar-refractivity contribution in [2.45, 2.75) is 44.8 Å². The number of benzene rings is 1. The van der Waals surface area contributed by atoms with E-state index in [1.54, 1.807) is 12.1 Å². The smallest absolute Gasteiger partial charge is 0.433 e. The van der Waals surface area contributed by atoms with Gasteiger partial charge in [-0.1, -0.05) is 18.2 Å². The number of fused-ring (bicyclic) bond motifs is 1. The maximum Gasteiger partial charge on any atom is 0.433 e. The van der Waals surface area contributed by atoms with Gasteiger partial charge in [0.15, 0.2) is 0 Å². The number of nitrogens with one attached hydrogen (secondary N) is 1. The van der Waals surface area contributed by atoms with Crippen molar-refractivity contribution >= 4 is 22.5 Å². The van der Waals surface area contributed by atoms with Crippen molar-refractivity contribution in [2.24, 2.45) is 5.92 Å². The zero-order valence-corrected chi connectivity index (χ0v) is 18.4. The van der Waals surface area contributed by atoms with Gasteiger partial charge in [-0.2, -0.15) is 18.3 Å². The first-order valence-electron chi connectivity index (χ1n) is 10.7. The van der Waals surface area contributed by atoms with Gasteiger partial charge < -0.3 is 10.1 Å². The molecule has 33 heavy (non-hydrogen) atoms. The average molecular weight is 458 g/mol. The summed E-state index contributed by atoms with van der Waals surface area (Å²) in [4.78, 5) is 16.1. The minimum atomic E-state index is -4.63. The summed E-state index contributed by atoms with van der Waals surface area (Å²) in [6.07, 6.45) is 1.46. The van der Waals surface area contributed by atoms with Gasteiger partial charge in [0.1, 0.15) is 17.1 Å². The van der Waals surface area contributed by atoms with Crippen molar-refractivity contribution in [3.63, 3.8) is 0 Å². The van der Waals surface area contributed by atoms with Crippen LogP contribution < -0.4 is 10.1 Å². The van der Waals surface area contributed by atoms with E-state index in [2.05, 4.69) is 23.8 Å². The molecule has 1 aliphatic carbocycles. The fourth-order valence-corrected chi connectivity index (χ4v) is 4.26. The molecule has 0 aliphatic heterocycles. The highest BCUT2D eigenvalue weighted by atomic mass is 19.4. The summed E-state index contributed by atoms with van der Waals surface area (Å²) in [6, 6.07) is 6.91. The Balaban J connectivity index is 1.57. The Morgan fingerprint density at radius 2 is 1.94 bits per heavy atom. The molecule has 1 aromatic carbocycles. The first-order valence-corrected chi connectivity index (χ1v) is 10.7. The van der Waals surface area contributed by atoms with Crippen LogP contribution in [0.3, 0.4) is 0 Å². The molecule has 1 fully saturated rings. The number of nitrogens with zero attached hydrogens (tertiary/aromatic N) is 3. The zero-order chi connectivity index (χ0) is 23.8. The van der Waals surface area contributed by atoms with E-state index < -0.39 is 17.8 Å². The van der Waals surface area contributed by atoms with Crippen molar-refractivity contribution in [2.75, 3.05) is 12.4 Å². The second kappa shape index (κ2) is 8.88. The van der Waals surface area contributed by atoms with Gasteiger partial charge in [0, 0.05) is 17.6 Å². The van der Waals surface area contributed by atoms with Crippen LogP contribution in [0.2, 0.25) is 0 Å². The summed E-state index contributed by atoms with van der Waals surface area (Å²) >= 11 is 0. The van der Waals surface area contributed by atoms with Crippen molar-refractivity contribution in [3.8, 4) is 5.75 Å². The highest BCUT2D eigenvalue weighted by Gasteiger charge is 2.33. The number of rotatable bonds is 5. The van der Waals surface area contributed by atoms with Crippen LogP contribution in [-0.4, -0.2) is 27.8 Å². The lowest BCUT2D eigenvalue weighted by Gasteiger charge is -2.28. The van der Waals surface area contributed by atoms with E-state index in [1.165, 1.54) is 18.7 Å². The molecule has 0 bridgehead atoms. The van der Waals surface area contributed by atoms with E-state index in [-0.39, 0.29) is 11.7 Å². The Morgan fingerprint density at radius 1 is 1.21 bits per heavy atom. The van der Waals surface area contributed by atoms with E-state index in [1.807, 2.05) is 10.9 Å². The third-order valence-corrected chi connectivity index (χ3v) is 6.13. The Bertz CT molecular complexity index is 1190. The molecule has 4 rings (SSSR count). The Hall–Kier alpha value is -3.36. The van der Waals surface area contributed by atoms with Gasteiger partial charge in [0.05, 0.1) is 24.4 Å². The number of hydrogen-bond acceptors (Lipinski definition) is 4. The molecule has 3 aromatic rings. The van der Waals surface area contributed by atoms with Crippen molar-refractivity contribution < 1.29 is 22.7 Å². The third-order valence-electron chi connectivity index (χ3n) is 6.13. The largest absolute Gasteiger partial charge is 0.494 e. The minimum absolute atomic E-state index is 0.284. The molecule has 1 amide bonds. The van der Waals surface area contributed by atoms with Crippen molar-refractivity contribution in [1.82, 2.24) is 14.8 Å². The number of pyridine rings is 1. The summed E-state index contributed by atoms with van der Waals surface area (Å²) in [5, 5.41) is 8.11. The predicted octanol–water partition coefficient (Wildman–Crippen LogP) is 6.02. The second-order valence-electron chi connectivity index (χ2n) is 8.43. The first kappa shape index (κ1) is 22.8. The molecular weight excluding hydrogens is 433 g/mol. The molecule has 0 spiro atoms. The summed E-state index contributed by atoms with van der Waals surface area (Å²) in [6.45, 7) is 6.15. The van der Waals surface area contributed by atoms with Crippen LogP contribution in [0.4, 0.5) is 18.9 Å². The number of hydrogen-bond donors (Lipinski definition) is 1. The van der Waals surface area contributed by atoms with Crippen LogP contribution in [0, 0.1) is 5.92 Å². The molecule has 174 valence electrons. The molecular formula is C24H25F3N4O2. The van der Waals surface area contributed by atoms with Gasteiger partial charge in [-0.3, -0.25) is 9.48 Å². The van der Waals surface area contributed by atoms with Gasteiger partial charge in [0.25, 0.3) is 5.91 Å². The Kier molecular flexibility index (Phi) is 6.14. The highest BCUT2D eigenvalue weighted by molar-refractivity contribution is 6.05. The Labute approximate surface area is 189 Å². The van der Waals surface area contributed by atoms with Crippen LogP contribution in [-0.2, 0) is 6.18 Å². The lowest BCUT2D eigenvalue weighted by atomic mass is 9.82. The van der Waals surface area contributed by atoms with Crippen LogP contribution >= 0.6 is 0 Å². The molecule has 0 saturated heterocycles. The van der Waals surface area contributed by atoms with Crippen LogP contribution in [0.15, 0.2) is 48.7 Å². The van der Waals surface area contributed by atoms with Crippen molar-refractivity contribution in [1.29, 1.82) is 0 Å². The van der Waals surface area contributed by atoms with E-state index >= 15 is 0 Å². The summed E-state index contributed by atoms with van der Waals surface area (Å²) in [7, 11) is 1.45. The number of carbonyl (C=O) groups excluding carboxylic acids is 1. The monoisotopic (exact) mass is 458 g/mol. The predicted molar refractivity (Wildman–Crippen MR) is 119 cm³/mol. The van der Waals surface area contributed by atoms with Gasteiger partial charge in [-0.15, -0.1) is 0 Å². The second-order valence-corrected chi connectivity index (χ2v) is 8.43. The number of aromatic nitrogens is 3.